The lowest BCUT2D eigenvalue weighted by molar-refractivity contribution is -0.0498. The number of ketones is 1. The van der Waals surface area contributed by atoms with Crippen molar-refractivity contribution in [2.45, 2.75) is 6.61 Å². The molecule has 6 heteroatoms. The highest BCUT2D eigenvalue weighted by Crippen LogP contribution is 2.30. The second-order valence-corrected chi connectivity index (χ2v) is 6.03. The predicted molar refractivity (Wildman–Crippen MR) is 99.8 cm³/mol. The van der Waals surface area contributed by atoms with E-state index in [0.717, 1.165) is 11.1 Å². The second-order valence-electron chi connectivity index (χ2n) is 5.63. The minimum absolute atomic E-state index is 0.0120. The van der Waals surface area contributed by atoms with Crippen molar-refractivity contribution < 1.29 is 23.0 Å². The van der Waals surface area contributed by atoms with Gasteiger partial charge in [0.25, 0.3) is 0 Å². The lowest BCUT2D eigenvalue weighted by Crippen LogP contribution is -2.12. The van der Waals surface area contributed by atoms with Gasteiger partial charge < -0.3 is 9.47 Å². The average Bonchev–Trinajstić information content (AvgIpc) is 2.67. The smallest absolute Gasteiger partial charge is 0.387 e. The highest BCUT2D eigenvalue weighted by Gasteiger charge is 2.11. The van der Waals surface area contributed by atoms with E-state index in [4.69, 9.17) is 16.3 Å². The van der Waals surface area contributed by atoms with Gasteiger partial charge in [0.2, 0.25) is 0 Å². The van der Waals surface area contributed by atoms with Crippen molar-refractivity contribution in [2.24, 2.45) is 0 Å². The van der Waals surface area contributed by atoms with Crippen LogP contribution in [0.4, 0.5) is 8.78 Å². The first-order chi connectivity index (χ1) is 13.0. The van der Waals surface area contributed by atoms with Crippen LogP contribution in [-0.4, -0.2) is 19.0 Å². The van der Waals surface area contributed by atoms with Crippen LogP contribution < -0.4 is 9.47 Å². The SMILES string of the molecule is O=C(COc1ccc(-c2ccccc2)cc1Cl)c1ccc(OC(F)F)cc1. The number of Topliss-reactive ketones (excluding diaryl/α,β-unsaturated/α-hetero) is 1. The number of hydrogen-bond acceptors (Lipinski definition) is 3. The lowest BCUT2D eigenvalue weighted by Gasteiger charge is -2.10. The first-order valence-corrected chi connectivity index (χ1v) is 8.46. The minimum Gasteiger partial charge on any atom is -0.484 e. The Balaban J connectivity index is 1.63. The number of benzene rings is 3. The lowest BCUT2D eigenvalue weighted by atomic mass is 10.1. The minimum atomic E-state index is -2.91. The molecule has 27 heavy (non-hydrogen) atoms. The maximum Gasteiger partial charge on any atom is 0.387 e. The zero-order chi connectivity index (χ0) is 19.2. The summed E-state index contributed by atoms with van der Waals surface area (Å²) in [6, 6.07) is 20.5. The molecule has 3 aromatic rings. The molecule has 0 spiro atoms. The van der Waals surface area contributed by atoms with Crippen LogP contribution in [0.2, 0.25) is 5.02 Å². The Bertz CT molecular complexity index is 912. The molecule has 0 radical (unpaired) electrons. The normalized spacial score (nSPS) is 10.7. The van der Waals surface area contributed by atoms with E-state index in [2.05, 4.69) is 4.74 Å². The Kier molecular flexibility index (Phi) is 6.04. The highest BCUT2D eigenvalue weighted by molar-refractivity contribution is 6.32. The van der Waals surface area contributed by atoms with Gasteiger partial charge in [-0.3, -0.25) is 4.79 Å². The molecule has 0 aliphatic heterocycles. The first-order valence-electron chi connectivity index (χ1n) is 8.09. The van der Waals surface area contributed by atoms with Crippen molar-refractivity contribution in [3.05, 3.63) is 83.4 Å². The fraction of sp³-hybridized carbons (Fsp3) is 0.0952. The standard InChI is InChI=1S/C21H15ClF2O3/c22-18-12-16(14-4-2-1-3-5-14)8-11-20(18)26-13-19(25)15-6-9-17(10-7-15)27-21(23)24/h1-12,21H,13H2. The van der Waals surface area contributed by atoms with Crippen LogP contribution in [0.25, 0.3) is 11.1 Å². The summed E-state index contributed by atoms with van der Waals surface area (Å²) in [5.41, 5.74) is 2.29. The van der Waals surface area contributed by atoms with Gasteiger partial charge in [-0.15, -0.1) is 0 Å². The molecule has 0 aliphatic carbocycles. The van der Waals surface area contributed by atoms with E-state index in [1.165, 1.54) is 24.3 Å². The zero-order valence-corrected chi connectivity index (χ0v) is 14.8. The summed E-state index contributed by atoms with van der Waals surface area (Å²) in [7, 11) is 0. The van der Waals surface area contributed by atoms with Crippen molar-refractivity contribution in [2.75, 3.05) is 6.61 Å². The average molecular weight is 389 g/mol. The summed E-state index contributed by atoms with van der Waals surface area (Å²) in [6.45, 7) is -3.13. The Labute approximate surface area is 160 Å². The number of carbonyl (C=O) groups excluding carboxylic acids is 1. The van der Waals surface area contributed by atoms with E-state index in [-0.39, 0.29) is 18.1 Å². The van der Waals surface area contributed by atoms with Crippen LogP contribution in [0.5, 0.6) is 11.5 Å². The van der Waals surface area contributed by atoms with Crippen molar-refractivity contribution in [1.82, 2.24) is 0 Å². The van der Waals surface area contributed by atoms with Gasteiger partial charge in [-0.1, -0.05) is 48.0 Å². The molecule has 0 saturated carbocycles. The van der Waals surface area contributed by atoms with E-state index in [9.17, 15) is 13.6 Å². The van der Waals surface area contributed by atoms with Gasteiger partial charge in [0, 0.05) is 5.56 Å². The van der Waals surface area contributed by atoms with Gasteiger partial charge in [0.1, 0.15) is 11.5 Å². The maximum absolute atomic E-state index is 12.2. The molecule has 0 fully saturated rings. The largest absolute Gasteiger partial charge is 0.484 e. The van der Waals surface area contributed by atoms with E-state index < -0.39 is 6.61 Å². The number of halogens is 3. The summed E-state index contributed by atoms with van der Waals surface area (Å²) in [4.78, 5) is 12.2. The van der Waals surface area contributed by atoms with E-state index in [1.807, 2.05) is 36.4 Å². The molecule has 138 valence electrons. The Hall–Kier alpha value is -2.92. The monoisotopic (exact) mass is 388 g/mol. The molecule has 3 rings (SSSR count). The molecule has 0 bridgehead atoms. The van der Waals surface area contributed by atoms with Crippen molar-refractivity contribution >= 4 is 17.4 Å². The summed E-state index contributed by atoms with van der Waals surface area (Å²) in [6.07, 6.45) is 0. The summed E-state index contributed by atoms with van der Waals surface area (Å²) in [5.74, 6) is 0.0752. The molecule has 0 unspecified atom stereocenters. The van der Waals surface area contributed by atoms with Crippen LogP contribution in [-0.2, 0) is 0 Å². The topological polar surface area (TPSA) is 35.5 Å². The van der Waals surface area contributed by atoms with Gasteiger partial charge in [-0.05, 0) is 47.5 Å². The molecule has 0 atom stereocenters. The highest BCUT2D eigenvalue weighted by atomic mass is 35.5. The van der Waals surface area contributed by atoms with Crippen LogP contribution in [0.3, 0.4) is 0 Å². The zero-order valence-electron chi connectivity index (χ0n) is 14.1. The molecular formula is C21H15ClF2O3. The number of hydrogen-bond donors (Lipinski definition) is 0. The van der Waals surface area contributed by atoms with Gasteiger partial charge in [0.05, 0.1) is 5.02 Å². The first kappa shape index (κ1) is 18.9. The van der Waals surface area contributed by atoms with Crippen LogP contribution in [0.15, 0.2) is 72.8 Å². The summed E-state index contributed by atoms with van der Waals surface area (Å²) in [5, 5.41) is 0.393. The van der Waals surface area contributed by atoms with Crippen molar-refractivity contribution in [1.29, 1.82) is 0 Å². The number of rotatable bonds is 7. The third kappa shape index (κ3) is 5.05. The number of ether oxygens (including phenoxy) is 2. The third-order valence-corrected chi connectivity index (χ3v) is 4.09. The van der Waals surface area contributed by atoms with E-state index in [0.29, 0.717) is 16.3 Å². The second kappa shape index (κ2) is 8.64. The molecule has 0 amide bonds. The quantitative estimate of drug-likeness (QED) is 0.475. The number of carbonyl (C=O) groups is 1. The van der Waals surface area contributed by atoms with E-state index in [1.54, 1.807) is 12.1 Å². The fourth-order valence-electron chi connectivity index (χ4n) is 2.48. The fourth-order valence-corrected chi connectivity index (χ4v) is 2.71. The predicted octanol–water partition coefficient (Wildman–Crippen LogP) is 5.87. The van der Waals surface area contributed by atoms with Crippen molar-refractivity contribution in [3.63, 3.8) is 0 Å². The van der Waals surface area contributed by atoms with Gasteiger partial charge >= 0.3 is 6.61 Å². The Morgan fingerprint density at radius 2 is 1.63 bits per heavy atom. The van der Waals surface area contributed by atoms with Crippen LogP contribution >= 0.6 is 11.6 Å². The maximum atomic E-state index is 12.2. The summed E-state index contributed by atoms with van der Waals surface area (Å²) >= 11 is 6.25. The molecule has 0 aromatic heterocycles. The van der Waals surface area contributed by atoms with Gasteiger partial charge in [0.15, 0.2) is 12.4 Å². The van der Waals surface area contributed by atoms with Crippen molar-refractivity contribution in [3.8, 4) is 22.6 Å². The van der Waals surface area contributed by atoms with Crippen LogP contribution in [0.1, 0.15) is 10.4 Å². The molecular weight excluding hydrogens is 374 g/mol. The Morgan fingerprint density at radius 1 is 0.926 bits per heavy atom. The van der Waals surface area contributed by atoms with Crippen LogP contribution in [0, 0.1) is 0 Å². The molecule has 0 aliphatic rings. The number of alkyl halides is 2. The molecule has 0 saturated heterocycles. The Morgan fingerprint density at radius 3 is 2.26 bits per heavy atom. The molecule has 0 N–H and O–H groups in total. The molecule has 3 aromatic carbocycles. The van der Waals surface area contributed by atoms with Gasteiger partial charge in [-0.25, -0.2) is 0 Å². The third-order valence-electron chi connectivity index (χ3n) is 3.80. The van der Waals surface area contributed by atoms with Gasteiger partial charge in [-0.2, -0.15) is 8.78 Å². The van der Waals surface area contributed by atoms with E-state index >= 15 is 0 Å². The molecule has 3 nitrogen and oxygen atoms in total. The molecule has 0 heterocycles. The summed E-state index contributed by atoms with van der Waals surface area (Å²) < 4.78 is 34.0.